The maximum absolute atomic E-state index is 16.1. The topological polar surface area (TPSA) is 466 Å². The van der Waals surface area contributed by atoms with Crippen molar-refractivity contribution < 1.29 is 108 Å². The molecule has 7 heterocycles. The van der Waals surface area contributed by atoms with E-state index in [-0.39, 0.29) is 84.1 Å². The van der Waals surface area contributed by atoms with Gasteiger partial charge in [-0.25, -0.2) is 0 Å². The Morgan fingerprint density at radius 3 is 1.95 bits per heavy atom. The molecule has 5 aromatic carbocycles. The Morgan fingerprint density at radius 2 is 1.37 bits per heavy atom. The van der Waals surface area contributed by atoms with Gasteiger partial charge in [-0.05, 0) is 147 Å². The number of hydrogen-bond acceptors (Lipinski definition) is 24. The molecule has 2 fully saturated rings. The molecule has 0 spiro atoms. The fraction of sp³-hybridized carbons (Fsp3) is 0.457. The van der Waals surface area contributed by atoms with Gasteiger partial charge >= 0.3 is 0 Å². The summed E-state index contributed by atoms with van der Waals surface area (Å²) in [5.41, 5.74) is 10.5. The quantitative estimate of drug-likeness (QED) is 0.0757. The molecule has 12 rings (SSSR count). The van der Waals surface area contributed by atoms with Crippen LogP contribution in [-0.4, -0.2) is 168 Å². The number of ketones is 3. The monoisotopic (exact) mass is 1440 g/mol. The third-order valence-corrected chi connectivity index (χ3v) is 19.4. The van der Waals surface area contributed by atoms with E-state index in [0.717, 1.165) is 19.1 Å². The fourth-order valence-corrected chi connectivity index (χ4v) is 13.9. The van der Waals surface area contributed by atoms with Crippen molar-refractivity contribution in [2.75, 3.05) is 13.7 Å². The molecule has 7 aliphatic rings. The SMILES string of the molecule is CN[C@H](CC(C)C)C(=O)C[C@H]1C(=O)N[C@@H](CC(N)=O)C(=O)N[C@H]2C(=O)N[C@H]3C(=O)C[C@H](C(=O)N[C@H](C(C)=O)c4cc(O)cc(C)c4-c4cc3ccc4O)[C@H](O)c3ccc(c(Cl)c3)Oc3cc2cc(c3O[C@@H]2O[C@H](CO)[C@@H](O)[C@H](O)[C@H]2OC2C[C@](C)(N)[C@H](O)[C@H](C)O2)Oc2ccc(cc2Cl)[C@H]1O. The number of aliphatic hydroxyl groups is 6. The van der Waals surface area contributed by atoms with Crippen molar-refractivity contribution in [3.05, 3.63) is 122 Å². The number of ether oxygens (including phenoxy) is 6. The molecule has 5 amide bonds. The number of primary amides is 1. The highest BCUT2D eigenvalue weighted by atomic mass is 35.5. The minimum atomic E-state index is -2.23. The van der Waals surface area contributed by atoms with Gasteiger partial charge in [0.2, 0.25) is 41.6 Å². The zero-order valence-electron chi connectivity index (χ0n) is 55.8. The van der Waals surface area contributed by atoms with E-state index in [1.807, 2.05) is 13.8 Å². The first-order valence-corrected chi connectivity index (χ1v) is 33.4. The van der Waals surface area contributed by atoms with Crippen LogP contribution in [0.2, 0.25) is 10.0 Å². The average Bonchev–Trinajstić information content (AvgIpc) is 0.775. The molecule has 31 heteroatoms. The number of benzene rings is 5. The predicted octanol–water partition coefficient (Wildman–Crippen LogP) is 3.39. The lowest BCUT2D eigenvalue weighted by Crippen LogP contribution is -2.64. The highest BCUT2D eigenvalue weighted by molar-refractivity contribution is 6.32. The zero-order valence-corrected chi connectivity index (χ0v) is 57.4. The molecule has 0 aliphatic carbocycles. The number of aryl methyl sites for hydroxylation is 1. The number of likely N-dealkylation sites (N-methyl/N-ethyl adjacent to an activating group) is 1. The predicted molar refractivity (Wildman–Crippen MR) is 358 cm³/mol. The summed E-state index contributed by atoms with van der Waals surface area (Å²) in [4.78, 5) is 118. The van der Waals surface area contributed by atoms with Gasteiger partial charge in [0.1, 0.15) is 65.5 Å². The Hall–Kier alpha value is -8.40. The summed E-state index contributed by atoms with van der Waals surface area (Å²) in [7, 11) is 1.53. The molecule has 2 saturated heterocycles. The number of phenolic OH excluding ortho intramolecular Hbond substituents is 2. The number of phenols is 2. The van der Waals surface area contributed by atoms with E-state index >= 15 is 19.2 Å². The van der Waals surface area contributed by atoms with E-state index in [4.69, 9.17) is 63.1 Å². The number of rotatable bonds is 14. The third kappa shape index (κ3) is 16.1. The van der Waals surface area contributed by atoms with Crippen molar-refractivity contribution in [1.29, 1.82) is 0 Å². The van der Waals surface area contributed by atoms with E-state index in [2.05, 4.69) is 26.6 Å². The Bertz CT molecular complexity index is 4070. The van der Waals surface area contributed by atoms with Gasteiger partial charge in [-0.3, -0.25) is 38.4 Å². The number of hydrogen-bond donors (Lipinski definition) is 15. The highest BCUT2D eigenvalue weighted by Crippen LogP contribution is 2.50. The summed E-state index contributed by atoms with van der Waals surface area (Å²) >= 11 is 14.2. The maximum atomic E-state index is 16.1. The maximum Gasteiger partial charge on any atom is 0.248 e. The standard InChI is InChI=1S/C70H81Cl2N7O22/c1-27(2)14-42(75-7)45(84)22-38-58(87)32-9-12-47(40(71)17-32)97-49-19-34-20-50(62(49)101-69-63(61(90)60(89)51(26-80)99-69)100-53-25-70(6,74)64(91)30(5)96-53)98-48-13-10-33(18-41(48)72)59(88)39-23-46(85)56(78-68(95)57(34)79-67(94)43(24-52(73)86)76-65(38)92)31-8-11-44(83)36(16-31)54-28(3)15-35(82)21-37(54)55(29(4)81)77-66(39)93/h8-13,15-21,27,30,38-39,42-43,51,53,55-61,63-64,69,75,80,82-83,87-91H,14,22-26,74H2,1-7H3,(H2,73,86)(H,76,92)(H,77,93)(H,78,95)(H,79,94)/t30-,38+,39-,42+,43-,51+,53?,55+,56+,57+,58+,59+,60+,61-,63+,64+,69-,70-/m0/s1. The van der Waals surface area contributed by atoms with E-state index in [0.29, 0.717) is 6.42 Å². The average molecular weight is 1440 g/mol. The molecule has 1 unspecified atom stereocenters. The molecule has 0 radical (unpaired) electrons. The van der Waals surface area contributed by atoms with Crippen LogP contribution in [0.15, 0.2) is 78.9 Å². The van der Waals surface area contributed by atoms with Crippen molar-refractivity contribution in [2.45, 2.75) is 171 Å². The number of carbonyl (C=O) groups is 8. The lowest BCUT2D eigenvalue weighted by Gasteiger charge is -2.47. The molecular weight excluding hydrogens is 1360 g/mol. The second-order valence-electron chi connectivity index (χ2n) is 26.9. The lowest BCUT2D eigenvalue weighted by molar-refractivity contribution is -0.333. The second-order valence-corrected chi connectivity index (χ2v) is 27.7. The van der Waals surface area contributed by atoms with E-state index in [1.54, 1.807) is 0 Å². The minimum Gasteiger partial charge on any atom is -0.508 e. The van der Waals surface area contributed by atoms with E-state index in [9.17, 15) is 60.0 Å². The molecule has 0 saturated carbocycles. The molecule has 29 nitrogen and oxygen atoms in total. The number of amides is 5. The van der Waals surface area contributed by atoms with Gasteiger partial charge in [-0.2, -0.15) is 0 Å². The summed E-state index contributed by atoms with van der Waals surface area (Å²) in [6.07, 6.45) is -19.3. The molecule has 7 aliphatic heterocycles. The summed E-state index contributed by atoms with van der Waals surface area (Å²) in [6.45, 7) is 8.51. The molecule has 11 bridgehead atoms. The van der Waals surface area contributed by atoms with Gasteiger partial charge in [0.05, 0.1) is 65.4 Å². The van der Waals surface area contributed by atoms with Gasteiger partial charge in [0.25, 0.3) is 0 Å². The lowest BCUT2D eigenvalue weighted by atomic mass is 9.83. The number of Topliss-reactive ketones (excluding diaryl/α,β-unsaturated/α-hetero) is 3. The van der Waals surface area contributed by atoms with Gasteiger partial charge < -0.3 is 107 Å². The van der Waals surface area contributed by atoms with Crippen molar-refractivity contribution in [3.8, 4) is 51.4 Å². The summed E-state index contributed by atoms with van der Waals surface area (Å²) in [6, 6.07) is 7.15. The van der Waals surface area contributed by atoms with Crippen molar-refractivity contribution in [3.63, 3.8) is 0 Å². The second kappa shape index (κ2) is 30.7. The number of carbonyl (C=O) groups excluding carboxylic acids is 8. The van der Waals surface area contributed by atoms with Gasteiger partial charge in [0, 0.05) is 30.4 Å². The first-order chi connectivity index (χ1) is 47.7. The molecule has 0 aromatic heterocycles. The summed E-state index contributed by atoms with van der Waals surface area (Å²) in [5.74, 6) is -15.1. The Kier molecular flexibility index (Phi) is 22.8. The molecule has 18 atom stereocenters. The first kappa shape index (κ1) is 75.3. The smallest absolute Gasteiger partial charge is 0.248 e. The van der Waals surface area contributed by atoms with Crippen LogP contribution in [0.3, 0.4) is 0 Å². The fourth-order valence-electron chi connectivity index (χ4n) is 13.4. The van der Waals surface area contributed by atoms with Crippen molar-refractivity contribution in [2.24, 2.45) is 29.2 Å². The highest BCUT2D eigenvalue weighted by Gasteiger charge is 2.51. The largest absolute Gasteiger partial charge is 0.508 e. The molecule has 542 valence electrons. The number of halogens is 2. The van der Waals surface area contributed by atoms with Crippen LogP contribution in [0.1, 0.15) is 130 Å². The normalized spacial score (nSPS) is 29.6. The van der Waals surface area contributed by atoms with Crippen LogP contribution in [0, 0.1) is 24.7 Å². The number of aromatic hydroxyl groups is 2. The molecular formula is C70H81Cl2N7O22. The van der Waals surface area contributed by atoms with Crippen molar-refractivity contribution >= 4 is 70.1 Å². The van der Waals surface area contributed by atoms with Crippen LogP contribution in [-0.2, 0) is 52.6 Å². The first-order valence-electron chi connectivity index (χ1n) is 32.6. The van der Waals surface area contributed by atoms with Crippen LogP contribution < -0.4 is 52.3 Å². The van der Waals surface area contributed by atoms with Gasteiger partial charge in [0.15, 0.2) is 41.2 Å². The summed E-state index contributed by atoms with van der Waals surface area (Å²) in [5, 5.41) is 105. The van der Waals surface area contributed by atoms with Crippen LogP contribution >= 0.6 is 23.2 Å². The zero-order chi connectivity index (χ0) is 73.5. The number of aliphatic hydroxyl groups excluding tert-OH is 6. The number of nitrogens with one attached hydrogen (secondary N) is 5. The van der Waals surface area contributed by atoms with Gasteiger partial charge in [-0.15, -0.1) is 0 Å². The summed E-state index contributed by atoms with van der Waals surface area (Å²) < 4.78 is 38.6. The Balaban J connectivity index is 1.24. The van der Waals surface area contributed by atoms with Crippen LogP contribution in [0.25, 0.3) is 11.1 Å². The van der Waals surface area contributed by atoms with Crippen LogP contribution in [0.5, 0.6) is 40.2 Å². The van der Waals surface area contributed by atoms with Crippen molar-refractivity contribution in [1.82, 2.24) is 26.6 Å². The number of nitrogens with two attached hydrogens (primary N) is 2. The number of fused-ring (bicyclic) bond motifs is 15. The molecule has 17 N–H and O–H groups in total. The van der Waals surface area contributed by atoms with Crippen LogP contribution in [0.4, 0.5) is 0 Å². The van der Waals surface area contributed by atoms with E-state index < -0.39 is 205 Å². The molecule has 101 heavy (non-hydrogen) atoms. The van der Waals surface area contributed by atoms with E-state index in [1.165, 1.54) is 94.5 Å². The Morgan fingerprint density at radius 1 is 0.743 bits per heavy atom. The van der Waals surface area contributed by atoms with Gasteiger partial charge in [-0.1, -0.05) is 55.2 Å². The molecule has 5 aromatic rings. The third-order valence-electron chi connectivity index (χ3n) is 18.8. The minimum absolute atomic E-state index is 0.0263. The Labute approximate surface area is 589 Å².